The van der Waals surface area contributed by atoms with Crippen LogP contribution in [-0.2, 0) is 6.42 Å². The van der Waals surface area contributed by atoms with E-state index in [1.165, 1.54) is 5.56 Å². The lowest BCUT2D eigenvalue weighted by Crippen LogP contribution is -1.83. The first-order valence-corrected chi connectivity index (χ1v) is 5.87. The van der Waals surface area contributed by atoms with E-state index in [4.69, 9.17) is 11.6 Å². The number of nitrogens with zero attached hydrogens (tertiary/aromatic N) is 1. The first-order valence-electron chi connectivity index (χ1n) is 5.49. The van der Waals surface area contributed by atoms with Crippen molar-refractivity contribution in [2.24, 2.45) is 0 Å². The number of halogens is 1. The molecule has 0 saturated carbocycles. The SMILES string of the molecule is Clc1ccc(C#CCCc2ccccc2)nc1. The molecule has 2 heteroatoms. The average Bonchev–Trinajstić information content (AvgIpc) is 2.38. The maximum atomic E-state index is 5.74. The lowest BCUT2D eigenvalue weighted by atomic mass is 10.1. The van der Waals surface area contributed by atoms with Crippen molar-refractivity contribution in [2.75, 3.05) is 0 Å². The third-order valence-electron chi connectivity index (χ3n) is 2.33. The Bertz CT molecular complexity index is 520. The molecule has 0 N–H and O–H groups in total. The summed E-state index contributed by atoms with van der Waals surface area (Å²) in [5, 5.41) is 0.639. The van der Waals surface area contributed by atoms with Gasteiger partial charge in [0.1, 0.15) is 5.69 Å². The second-order valence-electron chi connectivity index (χ2n) is 3.65. The first kappa shape index (κ1) is 11.7. The van der Waals surface area contributed by atoms with Crippen LogP contribution in [0.3, 0.4) is 0 Å². The van der Waals surface area contributed by atoms with Crippen LogP contribution in [0.4, 0.5) is 0 Å². The van der Waals surface area contributed by atoms with Gasteiger partial charge < -0.3 is 0 Å². The van der Waals surface area contributed by atoms with Gasteiger partial charge in [-0.05, 0) is 30.0 Å². The molecule has 2 aromatic rings. The summed E-state index contributed by atoms with van der Waals surface area (Å²) in [7, 11) is 0. The van der Waals surface area contributed by atoms with Gasteiger partial charge in [-0.3, -0.25) is 0 Å². The summed E-state index contributed by atoms with van der Waals surface area (Å²) in [5.41, 5.74) is 2.08. The molecule has 0 amide bonds. The summed E-state index contributed by atoms with van der Waals surface area (Å²) in [6.45, 7) is 0. The Balaban J connectivity index is 1.89. The molecule has 1 aromatic heterocycles. The van der Waals surface area contributed by atoms with Crippen LogP contribution >= 0.6 is 11.6 Å². The van der Waals surface area contributed by atoms with Crippen LogP contribution in [0.25, 0.3) is 0 Å². The molecule has 0 aliphatic rings. The van der Waals surface area contributed by atoms with Gasteiger partial charge in [0.25, 0.3) is 0 Å². The number of rotatable bonds is 2. The molecule has 0 saturated heterocycles. The van der Waals surface area contributed by atoms with Gasteiger partial charge in [-0.15, -0.1) is 0 Å². The molecule has 0 atom stereocenters. The molecule has 0 bridgehead atoms. The van der Waals surface area contributed by atoms with Crippen molar-refractivity contribution in [1.29, 1.82) is 0 Å². The summed E-state index contributed by atoms with van der Waals surface area (Å²) in [5.74, 6) is 6.14. The van der Waals surface area contributed by atoms with Crippen molar-refractivity contribution in [3.63, 3.8) is 0 Å². The molecule has 0 fully saturated rings. The molecular formula is C15H12ClN. The summed E-state index contributed by atoms with van der Waals surface area (Å²) in [4.78, 5) is 4.12. The van der Waals surface area contributed by atoms with E-state index in [-0.39, 0.29) is 0 Å². The number of hydrogen-bond donors (Lipinski definition) is 0. The Morgan fingerprint density at radius 3 is 2.59 bits per heavy atom. The zero-order valence-corrected chi connectivity index (χ0v) is 10.1. The smallest absolute Gasteiger partial charge is 0.113 e. The zero-order chi connectivity index (χ0) is 11.9. The lowest BCUT2D eigenvalue weighted by molar-refractivity contribution is 1.03. The Hall–Kier alpha value is -1.78. The van der Waals surface area contributed by atoms with Crippen molar-refractivity contribution in [1.82, 2.24) is 4.98 Å². The first-order chi connectivity index (χ1) is 8.34. The van der Waals surface area contributed by atoms with Crippen LogP contribution in [0.1, 0.15) is 17.7 Å². The van der Waals surface area contributed by atoms with Gasteiger partial charge in [0.05, 0.1) is 5.02 Å². The summed E-state index contributed by atoms with van der Waals surface area (Å²) < 4.78 is 0. The van der Waals surface area contributed by atoms with E-state index in [1.807, 2.05) is 24.3 Å². The van der Waals surface area contributed by atoms with E-state index < -0.39 is 0 Å². The molecule has 17 heavy (non-hydrogen) atoms. The number of pyridine rings is 1. The minimum absolute atomic E-state index is 0.639. The molecule has 1 nitrogen and oxygen atoms in total. The van der Waals surface area contributed by atoms with Gasteiger partial charge in [0.15, 0.2) is 0 Å². The number of benzene rings is 1. The monoisotopic (exact) mass is 241 g/mol. The highest BCUT2D eigenvalue weighted by atomic mass is 35.5. The summed E-state index contributed by atoms with van der Waals surface area (Å²) in [6, 6.07) is 14.0. The van der Waals surface area contributed by atoms with Gasteiger partial charge in [-0.2, -0.15) is 0 Å². The fourth-order valence-corrected chi connectivity index (χ4v) is 1.57. The number of aromatic nitrogens is 1. The van der Waals surface area contributed by atoms with Crippen LogP contribution in [0, 0.1) is 11.8 Å². The maximum absolute atomic E-state index is 5.74. The second-order valence-corrected chi connectivity index (χ2v) is 4.09. The van der Waals surface area contributed by atoms with Crippen LogP contribution in [0.15, 0.2) is 48.7 Å². The van der Waals surface area contributed by atoms with Gasteiger partial charge in [0.2, 0.25) is 0 Å². The quantitative estimate of drug-likeness (QED) is 0.731. The molecule has 0 unspecified atom stereocenters. The van der Waals surface area contributed by atoms with E-state index in [0.717, 1.165) is 18.5 Å². The maximum Gasteiger partial charge on any atom is 0.113 e. The predicted molar refractivity (Wildman–Crippen MR) is 70.9 cm³/mol. The minimum atomic E-state index is 0.639. The number of hydrogen-bond acceptors (Lipinski definition) is 1. The lowest BCUT2D eigenvalue weighted by Gasteiger charge is -1.94. The van der Waals surface area contributed by atoms with E-state index in [1.54, 1.807) is 12.3 Å². The van der Waals surface area contributed by atoms with Gasteiger partial charge in [-0.25, -0.2) is 4.98 Å². The van der Waals surface area contributed by atoms with E-state index >= 15 is 0 Å². The molecule has 2 rings (SSSR count). The highest BCUT2D eigenvalue weighted by Crippen LogP contribution is 2.05. The molecule has 84 valence electrons. The summed E-state index contributed by atoms with van der Waals surface area (Å²) in [6.07, 6.45) is 3.43. The van der Waals surface area contributed by atoms with Crippen molar-refractivity contribution < 1.29 is 0 Å². The molecular weight excluding hydrogens is 230 g/mol. The van der Waals surface area contributed by atoms with E-state index in [2.05, 4.69) is 29.0 Å². The Labute approximate surface area is 106 Å². The van der Waals surface area contributed by atoms with E-state index in [0.29, 0.717) is 5.02 Å². The molecule has 0 aliphatic carbocycles. The Morgan fingerprint density at radius 1 is 1.06 bits per heavy atom. The van der Waals surface area contributed by atoms with Crippen molar-refractivity contribution in [3.8, 4) is 11.8 Å². The van der Waals surface area contributed by atoms with Crippen molar-refractivity contribution in [2.45, 2.75) is 12.8 Å². The predicted octanol–water partition coefficient (Wildman–Crippen LogP) is 3.72. The fraction of sp³-hybridized carbons (Fsp3) is 0.133. The largest absolute Gasteiger partial charge is 0.246 e. The van der Waals surface area contributed by atoms with E-state index in [9.17, 15) is 0 Å². The molecule has 1 aromatic carbocycles. The third-order valence-corrected chi connectivity index (χ3v) is 2.55. The van der Waals surface area contributed by atoms with Crippen molar-refractivity contribution >= 4 is 11.6 Å². The van der Waals surface area contributed by atoms with Crippen LogP contribution < -0.4 is 0 Å². The molecule has 0 aliphatic heterocycles. The highest BCUT2D eigenvalue weighted by Gasteiger charge is 1.90. The van der Waals surface area contributed by atoms with Crippen LogP contribution in [-0.4, -0.2) is 4.98 Å². The van der Waals surface area contributed by atoms with Gasteiger partial charge in [-0.1, -0.05) is 47.9 Å². The Kier molecular flexibility index (Phi) is 4.18. The standard InChI is InChI=1S/C15H12ClN/c16-14-10-11-15(17-12-14)9-5-4-8-13-6-2-1-3-7-13/h1-3,6-7,10-12H,4,8H2. The van der Waals surface area contributed by atoms with Crippen LogP contribution in [0.5, 0.6) is 0 Å². The molecule has 1 heterocycles. The normalized spacial score (nSPS) is 9.47. The van der Waals surface area contributed by atoms with Crippen molar-refractivity contribution in [3.05, 3.63) is 64.9 Å². The highest BCUT2D eigenvalue weighted by molar-refractivity contribution is 6.30. The average molecular weight is 242 g/mol. The second kappa shape index (κ2) is 6.08. The minimum Gasteiger partial charge on any atom is -0.246 e. The summed E-state index contributed by atoms with van der Waals surface area (Å²) >= 11 is 5.74. The Morgan fingerprint density at radius 2 is 1.88 bits per heavy atom. The van der Waals surface area contributed by atoms with Gasteiger partial charge in [0, 0.05) is 12.6 Å². The fourth-order valence-electron chi connectivity index (χ4n) is 1.45. The topological polar surface area (TPSA) is 12.9 Å². The third kappa shape index (κ3) is 3.94. The van der Waals surface area contributed by atoms with Crippen LogP contribution in [0.2, 0.25) is 5.02 Å². The van der Waals surface area contributed by atoms with Gasteiger partial charge >= 0.3 is 0 Å². The molecule has 0 spiro atoms. The molecule has 0 radical (unpaired) electrons. The number of aryl methyl sites for hydroxylation is 1. The zero-order valence-electron chi connectivity index (χ0n) is 9.36.